The highest BCUT2D eigenvalue weighted by atomic mass is 35.5. The Morgan fingerprint density at radius 1 is 0.865 bits per heavy atom. The Morgan fingerprint density at radius 3 is 2.06 bits per heavy atom. The second-order valence-corrected chi connectivity index (χ2v) is 13.4. The first-order valence-corrected chi connectivity index (χ1v) is 16.4. The first-order chi connectivity index (χ1) is 24.3. The lowest BCUT2D eigenvalue weighted by Gasteiger charge is -2.27. The summed E-state index contributed by atoms with van der Waals surface area (Å²) in [5.74, 6) is -5.98. The van der Waals surface area contributed by atoms with E-state index in [-0.39, 0.29) is 23.4 Å². The molecule has 2 aromatic carbocycles. The van der Waals surface area contributed by atoms with Gasteiger partial charge in [-0.25, -0.2) is 9.78 Å². The molecule has 0 saturated carbocycles. The number of aromatic nitrogens is 1. The molecule has 0 spiro atoms. The summed E-state index contributed by atoms with van der Waals surface area (Å²) in [5, 5.41) is 7.59. The lowest BCUT2D eigenvalue weighted by molar-refractivity contribution is -0.175. The van der Waals surface area contributed by atoms with Crippen LogP contribution in [-0.4, -0.2) is 72.0 Å². The molecule has 280 valence electrons. The molecule has 1 aromatic heterocycles. The minimum absolute atomic E-state index is 0.132. The fraction of sp³-hybridized carbons (Fsp3) is 0.389. The maximum atomic E-state index is 13.9. The summed E-state index contributed by atoms with van der Waals surface area (Å²) >= 11 is 6.15. The number of Topliss-reactive ketones (excluding diaryl/α,β-unsaturated/α-hetero) is 1. The third-order valence-electron chi connectivity index (χ3n) is 7.22. The molecule has 0 radical (unpaired) electrons. The van der Waals surface area contributed by atoms with Crippen molar-refractivity contribution in [3.63, 3.8) is 0 Å². The number of carbonyl (C=O) groups is 5. The molecule has 0 aliphatic carbocycles. The van der Waals surface area contributed by atoms with Crippen LogP contribution in [-0.2, 0) is 30.3 Å². The molecule has 0 bridgehead atoms. The molecule has 16 heteroatoms. The van der Waals surface area contributed by atoms with E-state index in [0.29, 0.717) is 16.3 Å². The monoisotopic (exact) mass is 748 g/mol. The Kier molecular flexibility index (Phi) is 14.2. The highest BCUT2D eigenvalue weighted by Gasteiger charge is 2.45. The van der Waals surface area contributed by atoms with Gasteiger partial charge < -0.3 is 30.2 Å². The molecule has 0 unspecified atom stereocenters. The standard InChI is InChI=1S/C36H40ClF3N4O8/c1-20(2)29(31(46)36(38,39)40)43-34(49)30(22-10-12-24(50-6)13-11-22)44-33(48)27(17-21-8-7-9-23(37)16-21)42-32(47)26-15-14-25(18-41-26)51-19-28(45)52-35(3,4)5/h7-16,18,20,27,29-30H,17,19H2,1-6H3,(H,42,47)(H,43,49)(H,44,48)/t27-,29-,30-/m0/s1. The Labute approximate surface area is 303 Å². The summed E-state index contributed by atoms with van der Waals surface area (Å²) in [6, 6.07) is 9.97. The molecule has 0 saturated heterocycles. The molecule has 0 fully saturated rings. The molecule has 52 heavy (non-hydrogen) atoms. The molecule has 3 N–H and O–H groups in total. The number of nitrogens with zero attached hydrogens (tertiary/aromatic N) is 1. The van der Waals surface area contributed by atoms with Gasteiger partial charge in [0.1, 0.15) is 34.9 Å². The smallest absolute Gasteiger partial charge is 0.452 e. The molecule has 0 aliphatic rings. The SMILES string of the molecule is COc1ccc([C@H](NC(=O)[C@H](Cc2cccc(Cl)c2)NC(=O)c2ccc(OCC(=O)OC(C)(C)C)cn2)C(=O)N[C@H](C(=O)C(F)(F)F)C(C)C)cc1. The summed E-state index contributed by atoms with van der Waals surface area (Å²) in [6.07, 6.45) is -4.17. The fourth-order valence-electron chi connectivity index (χ4n) is 4.74. The quantitative estimate of drug-likeness (QED) is 0.183. The third-order valence-corrected chi connectivity index (χ3v) is 7.46. The zero-order chi connectivity index (χ0) is 38.8. The van der Waals surface area contributed by atoms with Gasteiger partial charge in [0, 0.05) is 11.4 Å². The van der Waals surface area contributed by atoms with Crippen LogP contribution in [0.2, 0.25) is 5.02 Å². The summed E-state index contributed by atoms with van der Waals surface area (Å²) in [6.45, 7) is 7.38. The molecule has 3 aromatic rings. The lowest BCUT2D eigenvalue weighted by Crippen LogP contribution is -2.55. The maximum absolute atomic E-state index is 13.9. The van der Waals surface area contributed by atoms with Crippen molar-refractivity contribution in [3.05, 3.63) is 88.7 Å². The van der Waals surface area contributed by atoms with Crippen LogP contribution < -0.4 is 25.4 Å². The molecule has 1 heterocycles. The van der Waals surface area contributed by atoms with Crippen molar-refractivity contribution in [2.75, 3.05) is 13.7 Å². The average Bonchev–Trinajstić information content (AvgIpc) is 3.06. The van der Waals surface area contributed by atoms with E-state index < -0.39 is 71.9 Å². The predicted molar refractivity (Wildman–Crippen MR) is 184 cm³/mol. The number of nitrogens with one attached hydrogen (secondary N) is 3. The molecule has 12 nitrogen and oxygen atoms in total. The van der Waals surface area contributed by atoms with Gasteiger partial charge in [0.25, 0.3) is 11.7 Å². The number of pyridine rings is 1. The van der Waals surface area contributed by atoms with Crippen molar-refractivity contribution in [1.82, 2.24) is 20.9 Å². The summed E-state index contributed by atoms with van der Waals surface area (Å²) in [5.41, 5.74) is -0.184. The van der Waals surface area contributed by atoms with Gasteiger partial charge in [-0.3, -0.25) is 19.2 Å². The Hall–Kier alpha value is -5.18. The van der Waals surface area contributed by atoms with Gasteiger partial charge in [-0.1, -0.05) is 49.7 Å². The number of ether oxygens (including phenoxy) is 3. The van der Waals surface area contributed by atoms with E-state index in [4.69, 9.17) is 25.8 Å². The Balaban J connectivity index is 1.89. The summed E-state index contributed by atoms with van der Waals surface area (Å²) in [7, 11) is 1.40. The third kappa shape index (κ3) is 12.5. The van der Waals surface area contributed by atoms with Crippen molar-refractivity contribution in [1.29, 1.82) is 0 Å². The van der Waals surface area contributed by atoms with Gasteiger partial charge in [0.05, 0.1) is 19.3 Å². The number of halogens is 4. The second kappa shape index (κ2) is 17.8. The van der Waals surface area contributed by atoms with E-state index in [9.17, 15) is 37.1 Å². The number of carbonyl (C=O) groups excluding carboxylic acids is 5. The van der Waals surface area contributed by atoms with E-state index in [1.807, 2.05) is 0 Å². The van der Waals surface area contributed by atoms with Gasteiger partial charge in [0.15, 0.2) is 6.61 Å². The first kappa shape index (κ1) is 41.2. The van der Waals surface area contributed by atoms with Crippen molar-refractivity contribution < 1.29 is 51.4 Å². The number of benzene rings is 2. The van der Waals surface area contributed by atoms with E-state index in [1.165, 1.54) is 63.6 Å². The lowest BCUT2D eigenvalue weighted by atomic mass is 9.97. The largest absolute Gasteiger partial charge is 0.497 e. The van der Waals surface area contributed by atoms with E-state index >= 15 is 0 Å². The normalized spacial score (nSPS) is 13.3. The van der Waals surface area contributed by atoms with Gasteiger partial charge >= 0.3 is 12.1 Å². The number of ketones is 1. The number of hydrogen-bond donors (Lipinski definition) is 3. The zero-order valence-corrected chi connectivity index (χ0v) is 30.1. The minimum atomic E-state index is -5.23. The number of amides is 3. The Bertz CT molecular complexity index is 1730. The first-order valence-electron chi connectivity index (χ1n) is 16.0. The van der Waals surface area contributed by atoms with Gasteiger partial charge in [-0.2, -0.15) is 13.2 Å². The molecule has 3 rings (SSSR count). The molecular formula is C36H40ClF3N4O8. The van der Waals surface area contributed by atoms with Crippen LogP contribution in [0, 0.1) is 5.92 Å². The van der Waals surface area contributed by atoms with Crippen LogP contribution in [0.3, 0.4) is 0 Å². The van der Waals surface area contributed by atoms with Crippen LogP contribution in [0.15, 0.2) is 66.9 Å². The number of esters is 1. The number of alkyl halides is 3. The number of methoxy groups -OCH3 is 1. The Morgan fingerprint density at radius 2 is 1.52 bits per heavy atom. The maximum Gasteiger partial charge on any atom is 0.452 e. The molecule has 0 aliphatic heterocycles. The van der Waals surface area contributed by atoms with Crippen molar-refractivity contribution in [2.24, 2.45) is 5.92 Å². The van der Waals surface area contributed by atoms with E-state index in [0.717, 1.165) is 0 Å². The van der Waals surface area contributed by atoms with Crippen molar-refractivity contribution in [2.45, 2.75) is 70.9 Å². The summed E-state index contributed by atoms with van der Waals surface area (Å²) < 4.78 is 56.0. The fourth-order valence-corrected chi connectivity index (χ4v) is 4.95. The second-order valence-electron chi connectivity index (χ2n) is 12.9. The molecular weight excluding hydrogens is 709 g/mol. The van der Waals surface area contributed by atoms with Crippen molar-refractivity contribution >= 4 is 41.1 Å². The van der Waals surface area contributed by atoms with Crippen LogP contribution >= 0.6 is 11.6 Å². The van der Waals surface area contributed by atoms with Crippen LogP contribution in [0.25, 0.3) is 0 Å². The van der Waals surface area contributed by atoms with Crippen LogP contribution in [0.1, 0.15) is 62.3 Å². The molecule has 3 atom stereocenters. The van der Waals surface area contributed by atoms with Crippen LogP contribution in [0.4, 0.5) is 13.2 Å². The zero-order valence-electron chi connectivity index (χ0n) is 29.3. The van der Waals surface area contributed by atoms with Gasteiger partial charge in [-0.05, 0) is 74.2 Å². The molecule has 3 amide bonds. The average molecular weight is 749 g/mol. The van der Waals surface area contributed by atoms with Crippen LogP contribution in [0.5, 0.6) is 11.5 Å². The van der Waals surface area contributed by atoms with Gasteiger partial charge in [-0.15, -0.1) is 0 Å². The number of rotatable bonds is 15. The van der Waals surface area contributed by atoms with Gasteiger partial charge in [0.2, 0.25) is 11.8 Å². The van der Waals surface area contributed by atoms with E-state index in [1.54, 1.807) is 45.0 Å². The van der Waals surface area contributed by atoms with Crippen molar-refractivity contribution in [3.8, 4) is 11.5 Å². The highest BCUT2D eigenvalue weighted by molar-refractivity contribution is 6.30. The van der Waals surface area contributed by atoms with E-state index in [2.05, 4.69) is 20.9 Å². The minimum Gasteiger partial charge on any atom is -0.497 e. The topological polar surface area (TPSA) is 162 Å². The summed E-state index contributed by atoms with van der Waals surface area (Å²) in [4.78, 5) is 69.2. The number of hydrogen-bond acceptors (Lipinski definition) is 9. The predicted octanol–water partition coefficient (Wildman–Crippen LogP) is 4.93. The highest BCUT2D eigenvalue weighted by Crippen LogP contribution is 2.24.